The van der Waals surface area contributed by atoms with Crippen LogP contribution >= 0.6 is 0 Å². The van der Waals surface area contributed by atoms with E-state index < -0.39 is 5.79 Å². The number of carbonyl (C=O) groups is 1. The second-order valence-corrected chi connectivity index (χ2v) is 5.43. The molecular formula is C13H23NO4. The normalized spacial score (nSPS) is 27.6. The molecule has 0 aromatic heterocycles. The molecule has 2 heterocycles. The van der Waals surface area contributed by atoms with Gasteiger partial charge in [-0.3, -0.25) is 4.79 Å². The van der Waals surface area contributed by atoms with Crippen molar-refractivity contribution in [2.45, 2.75) is 45.0 Å². The van der Waals surface area contributed by atoms with E-state index in [0.29, 0.717) is 19.6 Å². The molecule has 0 spiro atoms. The molecule has 18 heavy (non-hydrogen) atoms. The third-order valence-corrected chi connectivity index (χ3v) is 3.33. The Morgan fingerprint density at radius 2 is 2.11 bits per heavy atom. The molecule has 2 aliphatic heterocycles. The van der Waals surface area contributed by atoms with Gasteiger partial charge in [0.2, 0.25) is 0 Å². The summed E-state index contributed by atoms with van der Waals surface area (Å²) in [5.41, 5.74) is 0. The summed E-state index contributed by atoms with van der Waals surface area (Å²) in [5, 5.41) is 0. The Bertz CT molecular complexity index is 287. The van der Waals surface area contributed by atoms with Crippen LogP contribution in [0.5, 0.6) is 0 Å². The van der Waals surface area contributed by atoms with E-state index in [1.165, 1.54) is 12.8 Å². The molecule has 0 radical (unpaired) electrons. The average Bonchev–Trinajstić information content (AvgIpc) is 2.93. The molecule has 0 unspecified atom stereocenters. The van der Waals surface area contributed by atoms with Crippen LogP contribution in [0.2, 0.25) is 0 Å². The zero-order valence-corrected chi connectivity index (χ0v) is 11.3. The second kappa shape index (κ2) is 5.99. The molecule has 2 rings (SSSR count). The maximum absolute atomic E-state index is 11.6. The Balaban J connectivity index is 1.57. The van der Waals surface area contributed by atoms with Gasteiger partial charge in [-0.1, -0.05) is 0 Å². The van der Waals surface area contributed by atoms with Gasteiger partial charge >= 0.3 is 5.97 Å². The van der Waals surface area contributed by atoms with Gasteiger partial charge in [-0.15, -0.1) is 0 Å². The van der Waals surface area contributed by atoms with Crippen molar-refractivity contribution in [2.75, 3.05) is 32.8 Å². The standard InChI is InChI=1S/C13H23NO4/c1-13(2)17-10-11(18-13)9-16-12(15)5-8-14-6-3-4-7-14/h11H,3-10H2,1-2H3/t11-/m1/s1. The molecule has 2 fully saturated rings. The molecular weight excluding hydrogens is 234 g/mol. The number of rotatable bonds is 5. The van der Waals surface area contributed by atoms with Crippen LogP contribution in [0.25, 0.3) is 0 Å². The smallest absolute Gasteiger partial charge is 0.307 e. The van der Waals surface area contributed by atoms with Crippen LogP contribution in [0.1, 0.15) is 33.1 Å². The van der Waals surface area contributed by atoms with E-state index in [9.17, 15) is 4.79 Å². The number of hydrogen-bond acceptors (Lipinski definition) is 5. The molecule has 104 valence electrons. The van der Waals surface area contributed by atoms with E-state index in [1.54, 1.807) is 0 Å². The molecule has 5 nitrogen and oxygen atoms in total. The van der Waals surface area contributed by atoms with E-state index in [2.05, 4.69) is 4.90 Å². The third-order valence-electron chi connectivity index (χ3n) is 3.33. The summed E-state index contributed by atoms with van der Waals surface area (Å²) in [6.07, 6.45) is 2.84. The minimum atomic E-state index is -0.549. The molecule has 0 bridgehead atoms. The van der Waals surface area contributed by atoms with Gasteiger partial charge in [-0.2, -0.15) is 0 Å². The van der Waals surface area contributed by atoms with Crippen LogP contribution in [0.15, 0.2) is 0 Å². The van der Waals surface area contributed by atoms with E-state index in [-0.39, 0.29) is 12.1 Å². The number of nitrogens with zero attached hydrogens (tertiary/aromatic N) is 1. The van der Waals surface area contributed by atoms with E-state index in [4.69, 9.17) is 14.2 Å². The number of carbonyl (C=O) groups excluding carboxylic acids is 1. The van der Waals surface area contributed by atoms with Crippen molar-refractivity contribution in [1.29, 1.82) is 0 Å². The van der Waals surface area contributed by atoms with Gasteiger partial charge in [0.05, 0.1) is 13.0 Å². The summed E-state index contributed by atoms with van der Waals surface area (Å²) < 4.78 is 16.2. The summed E-state index contributed by atoms with van der Waals surface area (Å²) in [4.78, 5) is 13.9. The Morgan fingerprint density at radius 3 is 2.72 bits per heavy atom. The first-order chi connectivity index (χ1) is 8.55. The molecule has 0 aliphatic carbocycles. The first-order valence-electron chi connectivity index (χ1n) is 6.75. The maximum Gasteiger partial charge on any atom is 0.307 e. The fraction of sp³-hybridized carbons (Fsp3) is 0.923. The van der Waals surface area contributed by atoms with E-state index in [1.807, 2.05) is 13.8 Å². The van der Waals surface area contributed by atoms with Crippen LogP contribution in [0, 0.1) is 0 Å². The predicted molar refractivity (Wildman–Crippen MR) is 66.2 cm³/mol. The number of likely N-dealkylation sites (tertiary alicyclic amines) is 1. The van der Waals surface area contributed by atoms with Crippen LogP contribution in [0.3, 0.4) is 0 Å². The van der Waals surface area contributed by atoms with Gasteiger partial charge in [0.1, 0.15) is 12.7 Å². The molecule has 5 heteroatoms. The van der Waals surface area contributed by atoms with Crippen molar-refractivity contribution in [3.05, 3.63) is 0 Å². The molecule has 0 aromatic carbocycles. The van der Waals surface area contributed by atoms with Crippen LogP contribution < -0.4 is 0 Å². The molecule has 2 saturated heterocycles. The zero-order valence-electron chi connectivity index (χ0n) is 11.3. The fourth-order valence-electron chi connectivity index (χ4n) is 2.36. The largest absolute Gasteiger partial charge is 0.463 e. The van der Waals surface area contributed by atoms with Crippen molar-refractivity contribution in [3.63, 3.8) is 0 Å². The molecule has 2 aliphatic rings. The number of ether oxygens (including phenoxy) is 3. The minimum absolute atomic E-state index is 0.129. The first-order valence-corrected chi connectivity index (χ1v) is 6.75. The molecule has 0 aromatic rings. The van der Waals surface area contributed by atoms with Crippen molar-refractivity contribution in [3.8, 4) is 0 Å². The summed E-state index contributed by atoms with van der Waals surface area (Å²) in [6, 6.07) is 0. The summed E-state index contributed by atoms with van der Waals surface area (Å²) in [7, 11) is 0. The lowest BCUT2D eigenvalue weighted by molar-refractivity contribution is -0.158. The zero-order chi connectivity index (χ0) is 13.0. The number of esters is 1. The first kappa shape index (κ1) is 13.8. The highest BCUT2D eigenvalue weighted by Crippen LogP contribution is 2.22. The molecule has 0 N–H and O–H groups in total. The Hall–Kier alpha value is -0.650. The fourth-order valence-corrected chi connectivity index (χ4v) is 2.36. The predicted octanol–water partition coefficient (Wildman–Crippen LogP) is 1.17. The second-order valence-electron chi connectivity index (χ2n) is 5.43. The molecule has 0 amide bonds. The summed E-state index contributed by atoms with van der Waals surface area (Å²) in [5.74, 6) is -0.692. The summed E-state index contributed by atoms with van der Waals surface area (Å²) in [6.45, 7) is 7.55. The Kier molecular flexibility index (Phi) is 4.59. The van der Waals surface area contributed by atoms with Gasteiger partial charge < -0.3 is 19.1 Å². The lowest BCUT2D eigenvalue weighted by Gasteiger charge is -2.17. The van der Waals surface area contributed by atoms with Crippen molar-refractivity contribution < 1.29 is 19.0 Å². The van der Waals surface area contributed by atoms with Gasteiger partial charge in [0.25, 0.3) is 0 Å². The monoisotopic (exact) mass is 257 g/mol. The SMILES string of the molecule is CC1(C)OC[C@@H](COC(=O)CCN2CCCC2)O1. The van der Waals surface area contributed by atoms with Crippen LogP contribution in [-0.4, -0.2) is 55.6 Å². The van der Waals surface area contributed by atoms with E-state index >= 15 is 0 Å². The van der Waals surface area contributed by atoms with Crippen molar-refractivity contribution in [2.24, 2.45) is 0 Å². The lowest BCUT2D eigenvalue weighted by atomic mass is 10.4. The Morgan fingerprint density at radius 1 is 1.39 bits per heavy atom. The third kappa shape index (κ3) is 4.23. The Labute approximate surface area is 108 Å². The van der Waals surface area contributed by atoms with Gasteiger partial charge in [0, 0.05) is 6.54 Å². The minimum Gasteiger partial charge on any atom is -0.463 e. The highest BCUT2D eigenvalue weighted by molar-refractivity contribution is 5.69. The molecule has 1 atom stereocenters. The maximum atomic E-state index is 11.6. The lowest BCUT2D eigenvalue weighted by Crippen LogP contribution is -2.27. The van der Waals surface area contributed by atoms with Crippen LogP contribution in [-0.2, 0) is 19.0 Å². The van der Waals surface area contributed by atoms with E-state index in [0.717, 1.165) is 19.6 Å². The van der Waals surface area contributed by atoms with Gasteiger partial charge in [0.15, 0.2) is 5.79 Å². The van der Waals surface area contributed by atoms with Crippen molar-refractivity contribution >= 4 is 5.97 Å². The van der Waals surface area contributed by atoms with Crippen LogP contribution in [0.4, 0.5) is 0 Å². The molecule has 0 saturated carbocycles. The quantitative estimate of drug-likeness (QED) is 0.692. The van der Waals surface area contributed by atoms with Gasteiger partial charge in [-0.25, -0.2) is 0 Å². The average molecular weight is 257 g/mol. The topological polar surface area (TPSA) is 48.0 Å². The highest BCUT2D eigenvalue weighted by Gasteiger charge is 2.33. The van der Waals surface area contributed by atoms with Crippen molar-refractivity contribution in [1.82, 2.24) is 4.90 Å². The van der Waals surface area contributed by atoms with Gasteiger partial charge in [-0.05, 0) is 39.8 Å². The highest BCUT2D eigenvalue weighted by atomic mass is 16.7. The summed E-state index contributed by atoms with van der Waals surface area (Å²) >= 11 is 0. The number of hydrogen-bond donors (Lipinski definition) is 0.